The summed E-state index contributed by atoms with van der Waals surface area (Å²) in [4.78, 5) is 16.7. The van der Waals surface area contributed by atoms with Crippen molar-refractivity contribution < 1.29 is 13.9 Å². The molecule has 0 spiro atoms. The van der Waals surface area contributed by atoms with E-state index < -0.39 is 0 Å². The Labute approximate surface area is 125 Å². The number of nitrogens with zero attached hydrogens (tertiary/aromatic N) is 2. The van der Waals surface area contributed by atoms with Crippen LogP contribution in [0.3, 0.4) is 0 Å². The summed E-state index contributed by atoms with van der Waals surface area (Å²) in [6.45, 7) is 9.41. The topological polar surface area (TPSA) is 58.0 Å². The van der Waals surface area contributed by atoms with E-state index in [1.165, 1.54) is 0 Å². The Kier molecular flexibility index (Phi) is 4.57. The first-order valence-corrected chi connectivity index (χ1v) is 7.68. The first-order chi connectivity index (χ1) is 10.3. The lowest BCUT2D eigenvalue weighted by molar-refractivity contribution is 0.0180. The normalized spacial score (nSPS) is 21.2. The zero-order valence-electron chi connectivity index (χ0n) is 12.5. The van der Waals surface area contributed by atoms with Crippen LogP contribution in [0.2, 0.25) is 0 Å². The molecule has 6 heteroatoms. The average molecular weight is 293 g/mol. The van der Waals surface area contributed by atoms with Gasteiger partial charge in [-0.15, -0.1) is 0 Å². The second-order valence-corrected chi connectivity index (χ2v) is 5.61. The average Bonchev–Trinajstić information content (AvgIpc) is 2.92. The number of carbonyl (C=O) groups excluding carboxylic acids is 1. The van der Waals surface area contributed by atoms with Crippen molar-refractivity contribution in [1.29, 1.82) is 0 Å². The molecule has 1 N–H and O–H groups in total. The Balaban J connectivity index is 1.50. The molecule has 21 heavy (non-hydrogen) atoms. The van der Waals surface area contributed by atoms with Crippen molar-refractivity contribution in [3.05, 3.63) is 23.7 Å². The van der Waals surface area contributed by atoms with E-state index in [0.717, 1.165) is 39.3 Å². The van der Waals surface area contributed by atoms with Gasteiger partial charge >= 0.3 is 5.97 Å². The third kappa shape index (κ3) is 3.28. The van der Waals surface area contributed by atoms with Crippen LogP contribution >= 0.6 is 0 Å². The number of piperazine rings is 1. The monoisotopic (exact) mass is 293 g/mol. The van der Waals surface area contributed by atoms with Crippen molar-refractivity contribution in [3.8, 4) is 0 Å². The van der Waals surface area contributed by atoms with E-state index in [1.54, 1.807) is 12.3 Å². The van der Waals surface area contributed by atoms with Gasteiger partial charge in [0.05, 0.1) is 19.4 Å². The molecule has 0 aromatic carbocycles. The Hall–Kier alpha value is -1.37. The Bertz CT molecular complexity index is 476. The number of hydrogen-bond donors (Lipinski definition) is 1. The molecular formula is C15H23N3O3. The molecular weight excluding hydrogens is 270 g/mol. The highest BCUT2D eigenvalue weighted by Gasteiger charge is 2.33. The molecule has 3 heterocycles. The van der Waals surface area contributed by atoms with Crippen molar-refractivity contribution in [2.45, 2.75) is 19.5 Å². The fourth-order valence-electron chi connectivity index (χ4n) is 3.01. The smallest absolute Gasteiger partial charge is 0.341 e. The zero-order valence-corrected chi connectivity index (χ0v) is 12.5. The van der Waals surface area contributed by atoms with Gasteiger partial charge in [-0.05, 0) is 13.0 Å². The molecule has 2 saturated heterocycles. The van der Waals surface area contributed by atoms with Gasteiger partial charge in [0.2, 0.25) is 0 Å². The van der Waals surface area contributed by atoms with Crippen LogP contribution in [0.5, 0.6) is 0 Å². The van der Waals surface area contributed by atoms with E-state index in [1.807, 2.05) is 6.92 Å². The van der Waals surface area contributed by atoms with E-state index in [4.69, 9.17) is 9.15 Å². The third-order valence-corrected chi connectivity index (χ3v) is 4.21. The summed E-state index contributed by atoms with van der Waals surface area (Å²) in [7, 11) is 0. The standard InChI is InChI=1S/C15H23N3O3/c1-2-20-15(19)13-3-8-21-14(13)11-17-9-12(10-17)18-6-4-16-5-7-18/h3,8,12,16H,2,4-7,9-11H2,1H3. The molecule has 2 aliphatic rings. The third-order valence-electron chi connectivity index (χ3n) is 4.21. The minimum Gasteiger partial charge on any atom is -0.467 e. The van der Waals surface area contributed by atoms with E-state index in [-0.39, 0.29) is 5.97 Å². The molecule has 3 rings (SSSR count). The highest BCUT2D eigenvalue weighted by atomic mass is 16.5. The molecule has 6 nitrogen and oxygen atoms in total. The summed E-state index contributed by atoms with van der Waals surface area (Å²) in [5.41, 5.74) is 0.558. The zero-order chi connectivity index (χ0) is 14.7. The molecule has 0 unspecified atom stereocenters. The number of rotatable bonds is 5. The van der Waals surface area contributed by atoms with Crippen molar-refractivity contribution in [1.82, 2.24) is 15.1 Å². The number of carbonyl (C=O) groups is 1. The van der Waals surface area contributed by atoms with E-state index in [9.17, 15) is 4.79 Å². The highest BCUT2D eigenvalue weighted by Crippen LogP contribution is 2.21. The van der Waals surface area contributed by atoms with Crippen LogP contribution < -0.4 is 5.32 Å². The molecule has 0 amide bonds. The minimum atomic E-state index is -0.291. The van der Waals surface area contributed by atoms with Gasteiger partial charge < -0.3 is 14.5 Å². The largest absolute Gasteiger partial charge is 0.467 e. The molecule has 0 bridgehead atoms. The van der Waals surface area contributed by atoms with Gasteiger partial charge in [-0.1, -0.05) is 0 Å². The van der Waals surface area contributed by atoms with E-state index in [2.05, 4.69) is 15.1 Å². The molecule has 2 fully saturated rings. The van der Waals surface area contributed by atoms with Crippen LogP contribution in [0, 0.1) is 0 Å². The predicted molar refractivity (Wildman–Crippen MR) is 78.2 cm³/mol. The Morgan fingerprint density at radius 1 is 1.43 bits per heavy atom. The summed E-state index contributed by atoms with van der Waals surface area (Å²) in [6, 6.07) is 2.34. The van der Waals surface area contributed by atoms with E-state index >= 15 is 0 Å². The van der Waals surface area contributed by atoms with Crippen LogP contribution in [-0.4, -0.2) is 67.7 Å². The summed E-state index contributed by atoms with van der Waals surface area (Å²) < 4.78 is 10.5. The maximum atomic E-state index is 11.8. The van der Waals surface area contributed by atoms with Crippen molar-refractivity contribution in [2.24, 2.45) is 0 Å². The van der Waals surface area contributed by atoms with Gasteiger partial charge in [0.25, 0.3) is 0 Å². The molecule has 0 atom stereocenters. The summed E-state index contributed by atoms with van der Waals surface area (Å²) in [6.07, 6.45) is 1.56. The molecule has 116 valence electrons. The van der Waals surface area contributed by atoms with Crippen LogP contribution in [-0.2, 0) is 11.3 Å². The number of nitrogens with one attached hydrogen (secondary N) is 1. The molecule has 0 saturated carbocycles. The number of hydrogen-bond acceptors (Lipinski definition) is 6. The molecule has 1 aromatic rings. The van der Waals surface area contributed by atoms with Gasteiger partial charge in [-0.25, -0.2) is 4.79 Å². The number of likely N-dealkylation sites (tertiary alicyclic amines) is 1. The van der Waals surface area contributed by atoms with Crippen molar-refractivity contribution >= 4 is 5.97 Å². The Morgan fingerprint density at radius 3 is 2.90 bits per heavy atom. The van der Waals surface area contributed by atoms with E-state index in [0.29, 0.717) is 30.5 Å². The van der Waals surface area contributed by atoms with Crippen molar-refractivity contribution in [2.75, 3.05) is 45.9 Å². The van der Waals surface area contributed by atoms with Crippen LogP contribution in [0.25, 0.3) is 0 Å². The molecule has 0 radical (unpaired) electrons. The maximum absolute atomic E-state index is 11.8. The summed E-state index contributed by atoms with van der Waals surface area (Å²) >= 11 is 0. The van der Waals surface area contributed by atoms with Gasteiger partial charge in [0.1, 0.15) is 11.3 Å². The fraction of sp³-hybridized carbons (Fsp3) is 0.667. The fourth-order valence-corrected chi connectivity index (χ4v) is 3.01. The van der Waals surface area contributed by atoms with Crippen LogP contribution in [0.15, 0.2) is 16.7 Å². The quantitative estimate of drug-likeness (QED) is 0.800. The molecule has 2 aliphatic heterocycles. The van der Waals surface area contributed by atoms with Gasteiger partial charge in [0, 0.05) is 45.3 Å². The van der Waals surface area contributed by atoms with Crippen LogP contribution in [0.1, 0.15) is 23.0 Å². The second kappa shape index (κ2) is 6.60. The minimum absolute atomic E-state index is 0.291. The van der Waals surface area contributed by atoms with Gasteiger partial charge in [0.15, 0.2) is 0 Å². The maximum Gasteiger partial charge on any atom is 0.341 e. The molecule has 1 aromatic heterocycles. The lowest BCUT2D eigenvalue weighted by Crippen LogP contribution is -2.62. The number of ether oxygens (including phenoxy) is 1. The lowest BCUT2D eigenvalue weighted by Gasteiger charge is -2.46. The molecule has 0 aliphatic carbocycles. The second-order valence-electron chi connectivity index (χ2n) is 5.61. The number of furan rings is 1. The first kappa shape index (κ1) is 14.6. The summed E-state index contributed by atoms with van der Waals surface area (Å²) in [5.74, 6) is 0.424. The van der Waals surface area contributed by atoms with Crippen LogP contribution in [0.4, 0.5) is 0 Å². The van der Waals surface area contributed by atoms with Crippen molar-refractivity contribution in [3.63, 3.8) is 0 Å². The lowest BCUT2D eigenvalue weighted by atomic mass is 10.1. The first-order valence-electron chi connectivity index (χ1n) is 7.68. The number of esters is 1. The highest BCUT2D eigenvalue weighted by molar-refractivity contribution is 5.90. The van der Waals surface area contributed by atoms with Gasteiger partial charge in [-0.2, -0.15) is 0 Å². The SMILES string of the molecule is CCOC(=O)c1ccoc1CN1CC(N2CCNCC2)C1. The summed E-state index contributed by atoms with van der Waals surface area (Å²) in [5, 5.41) is 3.38. The Morgan fingerprint density at radius 2 is 2.19 bits per heavy atom. The predicted octanol–water partition coefficient (Wildman–Crippen LogP) is 0.546. The van der Waals surface area contributed by atoms with Gasteiger partial charge in [-0.3, -0.25) is 9.80 Å².